The van der Waals surface area contributed by atoms with E-state index in [-0.39, 0.29) is 25.7 Å². The maximum absolute atomic E-state index is 13.0. The Bertz CT molecular complexity index is 1810. The molecule has 0 radical (unpaired) electrons. The van der Waals surface area contributed by atoms with E-state index in [4.69, 9.17) is 37.0 Å². The number of ether oxygens (including phenoxy) is 4. The third-order valence-electron chi connectivity index (χ3n) is 16.0. The van der Waals surface area contributed by atoms with Gasteiger partial charge in [0.25, 0.3) is 0 Å². The second kappa shape index (κ2) is 63.0. The van der Waals surface area contributed by atoms with Crippen molar-refractivity contribution in [3.8, 4) is 0 Å². The minimum atomic E-state index is -4.96. The summed E-state index contributed by atoms with van der Waals surface area (Å²) < 4.78 is 68.1. The molecule has 17 nitrogen and oxygen atoms in total. The molecule has 524 valence electrons. The largest absolute Gasteiger partial charge is 0.472 e. The van der Waals surface area contributed by atoms with Crippen molar-refractivity contribution in [2.24, 2.45) is 5.92 Å². The van der Waals surface area contributed by atoms with Crippen LogP contribution in [0.25, 0.3) is 0 Å². The van der Waals surface area contributed by atoms with Crippen LogP contribution in [0.2, 0.25) is 0 Å². The van der Waals surface area contributed by atoms with Crippen LogP contribution in [0.3, 0.4) is 0 Å². The molecule has 0 aliphatic carbocycles. The maximum Gasteiger partial charge on any atom is 0.472 e. The Balaban J connectivity index is 5.22. The predicted molar refractivity (Wildman–Crippen MR) is 358 cm³/mol. The fourth-order valence-corrected chi connectivity index (χ4v) is 11.6. The van der Waals surface area contributed by atoms with Crippen molar-refractivity contribution >= 4 is 39.5 Å². The minimum absolute atomic E-state index is 0.101. The van der Waals surface area contributed by atoms with Crippen molar-refractivity contribution in [2.45, 2.75) is 355 Å². The number of esters is 4. The molecule has 0 aromatic heterocycles. The molecule has 0 saturated carbocycles. The van der Waals surface area contributed by atoms with Gasteiger partial charge in [0.1, 0.15) is 19.3 Å². The highest BCUT2D eigenvalue weighted by Gasteiger charge is 2.30. The molecule has 89 heavy (non-hydrogen) atoms. The number of hydrogen-bond acceptors (Lipinski definition) is 15. The molecule has 0 aliphatic heterocycles. The minimum Gasteiger partial charge on any atom is -0.462 e. The number of allylic oxidation sites excluding steroid dienone is 4. The molecule has 19 heteroatoms. The van der Waals surface area contributed by atoms with E-state index < -0.39 is 97.5 Å². The van der Waals surface area contributed by atoms with E-state index >= 15 is 0 Å². The SMILES string of the molecule is CCCCCC/C=C\C=C/CCCCCCCC(=O)OC[C@H](COP(=O)(O)OC[C@@H](O)COP(=O)(O)OC[C@@H](COC(=O)CCCCCCCCC)OC(=O)CCCCCCCCCCC)OC(=O)CCCCCCCCCCCCCCCCC(C)CC. The van der Waals surface area contributed by atoms with Crippen LogP contribution < -0.4 is 0 Å². The quantitative estimate of drug-likeness (QED) is 0.0169. The number of hydrogen-bond donors (Lipinski definition) is 3. The molecule has 0 aromatic carbocycles. The second-order valence-electron chi connectivity index (χ2n) is 24.8. The average Bonchev–Trinajstić information content (AvgIpc) is 3.65. The number of rotatable bonds is 68. The highest BCUT2D eigenvalue weighted by Crippen LogP contribution is 2.45. The van der Waals surface area contributed by atoms with Crippen molar-refractivity contribution < 1.29 is 80.2 Å². The molecule has 3 N–H and O–H groups in total. The molecule has 0 fully saturated rings. The number of aliphatic hydroxyl groups is 1. The van der Waals surface area contributed by atoms with E-state index in [2.05, 4.69) is 58.9 Å². The monoisotopic (exact) mass is 1310 g/mol. The highest BCUT2D eigenvalue weighted by atomic mass is 31.2. The first-order valence-corrected chi connectivity index (χ1v) is 39.0. The number of carbonyl (C=O) groups is 4. The Morgan fingerprint density at radius 2 is 0.629 bits per heavy atom. The summed E-state index contributed by atoms with van der Waals surface area (Å²) in [5.74, 6) is -1.32. The average molecular weight is 1310 g/mol. The number of carbonyl (C=O) groups excluding carboxylic acids is 4. The zero-order valence-corrected chi connectivity index (χ0v) is 58.8. The first kappa shape index (κ1) is 86.5. The van der Waals surface area contributed by atoms with Crippen molar-refractivity contribution in [1.29, 1.82) is 0 Å². The van der Waals surface area contributed by atoms with Gasteiger partial charge in [-0.3, -0.25) is 37.3 Å². The highest BCUT2D eigenvalue weighted by molar-refractivity contribution is 7.47. The maximum atomic E-state index is 13.0. The third-order valence-corrected chi connectivity index (χ3v) is 17.9. The Hall–Kier alpha value is -2.46. The van der Waals surface area contributed by atoms with Gasteiger partial charge in [-0.25, -0.2) is 9.13 Å². The molecule has 0 amide bonds. The van der Waals surface area contributed by atoms with Crippen LogP contribution in [0.5, 0.6) is 0 Å². The lowest BCUT2D eigenvalue weighted by Crippen LogP contribution is -2.30. The van der Waals surface area contributed by atoms with E-state index in [1.165, 1.54) is 128 Å². The normalized spacial score (nSPS) is 14.6. The zero-order valence-electron chi connectivity index (χ0n) is 57.0. The standard InChI is InChI=1S/C70H132O17P2/c1-6-10-13-16-19-21-22-23-24-28-31-35-39-44-49-54-68(73)81-60-66(87-70(75)56-51-46-41-36-32-29-26-25-27-30-34-38-42-47-52-63(5)9-4)62-85-89(78,79)83-58-64(71)57-82-88(76,77)84-61-65(59-80-67(72)53-48-43-37-18-15-12-8-3)86-69(74)55-50-45-40-33-20-17-14-11-7-2/h21-24,63-66,71H,6-20,25-62H2,1-5H3,(H,76,77)(H,78,79)/b22-21-,24-23-/t63?,64-,65+,66+/m0/s1. The third kappa shape index (κ3) is 62.7. The first-order chi connectivity index (χ1) is 43.1. The van der Waals surface area contributed by atoms with E-state index in [1.807, 2.05) is 0 Å². The number of phosphoric acid groups is 2. The van der Waals surface area contributed by atoms with Crippen molar-refractivity contribution in [3.05, 3.63) is 24.3 Å². The fourth-order valence-electron chi connectivity index (χ4n) is 10.1. The summed E-state index contributed by atoms with van der Waals surface area (Å²) in [6.45, 7) is 7.17. The fraction of sp³-hybridized carbons (Fsp3) is 0.886. The van der Waals surface area contributed by atoms with Crippen LogP contribution >= 0.6 is 15.6 Å². The van der Waals surface area contributed by atoms with Gasteiger partial charge in [0.2, 0.25) is 0 Å². The lowest BCUT2D eigenvalue weighted by Gasteiger charge is -2.21. The van der Waals surface area contributed by atoms with Gasteiger partial charge < -0.3 is 33.8 Å². The molecule has 0 bridgehead atoms. The number of aliphatic hydroxyl groups excluding tert-OH is 1. The van der Waals surface area contributed by atoms with E-state index in [1.54, 1.807) is 0 Å². The summed E-state index contributed by atoms with van der Waals surface area (Å²) in [6, 6.07) is 0. The van der Waals surface area contributed by atoms with Crippen LogP contribution in [-0.2, 0) is 65.4 Å². The van der Waals surface area contributed by atoms with E-state index in [9.17, 15) is 43.2 Å². The lowest BCUT2D eigenvalue weighted by molar-refractivity contribution is -0.161. The van der Waals surface area contributed by atoms with Gasteiger partial charge in [0.05, 0.1) is 26.4 Å². The molecular weight excluding hydrogens is 1170 g/mol. The van der Waals surface area contributed by atoms with Gasteiger partial charge in [-0.15, -0.1) is 0 Å². The van der Waals surface area contributed by atoms with Gasteiger partial charge in [0.15, 0.2) is 12.2 Å². The summed E-state index contributed by atoms with van der Waals surface area (Å²) >= 11 is 0. The van der Waals surface area contributed by atoms with Crippen molar-refractivity contribution in [3.63, 3.8) is 0 Å². The first-order valence-electron chi connectivity index (χ1n) is 36.0. The number of phosphoric ester groups is 2. The summed E-state index contributed by atoms with van der Waals surface area (Å²) in [5, 5.41) is 10.6. The molecule has 0 spiro atoms. The molecule has 0 aromatic rings. The Morgan fingerprint density at radius 3 is 0.955 bits per heavy atom. The molecule has 0 saturated heterocycles. The Kier molecular flexibility index (Phi) is 61.2. The second-order valence-corrected chi connectivity index (χ2v) is 27.7. The summed E-state index contributed by atoms with van der Waals surface area (Å²) in [4.78, 5) is 72.3. The summed E-state index contributed by atoms with van der Waals surface area (Å²) in [6.07, 6.45) is 52.2. The van der Waals surface area contributed by atoms with Gasteiger partial charge in [-0.05, 0) is 57.3 Å². The van der Waals surface area contributed by atoms with Crippen LogP contribution in [-0.4, -0.2) is 96.7 Å². The smallest absolute Gasteiger partial charge is 0.462 e. The number of unbranched alkanes of at least 4 members (excludes halogenated alkanes) is 36. The van der Waals surface area contributed by atoms with Crippen LogP contribution in [0.15, 0.2) is 24.3 Å². The van der Waals surface area contributed by atoms with Crippen LogP contribution in [0, 0.1) is 5.92 Å². The van der Waals surface area contributed by atoms with Gasteiger partial charge >= 0.3 is 39.5 Å². The lowest BCUT2D eigenvalue weighted by atomic mass is 9.99. The van der Waals surface area contributed by atoms with Gasteiger partial charge in [0, 0.05) is 25.7 Å². The molecular formula is C70H132O17P2. The predicted octanol–water partition coefficient (Wildman–Crippen LogP) is 19.7. The Labute approximate surface area is 542 Å². The molecule has 6 atom stereocenters. The topological polar surface area (TPSA) is 237 Å². The van der Waals surface area contributed by atoms with E-state index in [0.29, 0.717) is 25.7 Å². The molecule has 0 rings (SSSR count). The van der Waals surface area contributed by atoms with Crippen LogP contribution in [0.1, 0.15) is 336 Å². The van der Waals surface area contributed by atoms with E-state index in [0.717, 1.165) is 128 Å². The van der Waals surface area contributed by atoms with Gasteiger partial charge in [-0.2, -0.15) is 0 Å². The molecule has 3 unspecified atom stereocenters. The zero-order chi connectivity index (χ0) is 65.6. The molecule has 0 aliphatic rings. The van der Waals surface area contributed by atoms with Gasteiger partial charge in [-0.1, -0.05) is 284 Å². The van der Waals surface area contributed by atoms with Crippen LogP contribution in [0.4, 0.5) is 0 Å². The van der Waals surface area contributed by atoms with Crippen molar-refractivity contribution in [2.75, 3.05) is 39.6 Å². The van der Waals surface area contributed by atoms with Crippen molar-refractivity contribution in [1.82, 2.24) is 0 Å². The summed E-state index contributed by atoms with van der Waals surface area (Å²) in [7, 11) is -9.90. The summed E-state index contributed by atoms with van der Waals surface area (Å²) in [5.41, 5.74) is 0. The Morgan fingerprint density at radius 1 is 0.360 bits per heavy atom. The molecule has 0 heterocycles.